The van der Waals surface area contributed by atoms with Crippen LogP contribution in [0.3, 0.4) is 0 Å². The lowest BCUT2D eigenvalue weighted by molar-refractivity contribution is -0.143. The fourth-order valence-electron chi connectivity index (χ4n) is 8.85. The maximum atomic E-state index is 13.5. The summed E-state index contributed by atoms with van der Waals surface area (Å²) in [5.41, 5.74) is 1.93. The molecule has 0 radical (unpaired) electrons. The zero-order chi connectivity index (χ0) is 35.8. The molecule has 1 aliphatic heterocycles. The lowest BCUT2D eigenvalue weighted by Crippen LogP contribution is -2.18. The highest BCUT2D eigenvalue weighted by Crippen LogP contribution is 2.51. The van der Waals surface area contributed by atoms with Crippen LogP contribution in [0, 0.1) is 29.6 Å². The molecule has 3 aliphatic carbocycles. The van der Waals surface area contributed by atoms with E-state index in [2.05, 4.69) is 52.6 Å². The molecule has 2 heterocycles. The van der Waals surface area contributed by atoms with E-state index in [1.807, 2.05) is 0 Å². The minimum absolute atomic E-state index is 0.0239. The fraction of sp³-hybridized carbons (Fsp3) is 0.561. The molecule has 3 aromatic rings. The van der Waals surface area contributed by atoms with Crippen molar-refractivity contribution in [1.29, 1.82) is 0 Å². The lowest BCUT2D eigenvalue weighted by Gasteiger charge is -2.24. The van der Waals surface area contributed by atoms with E-state index in [9.17, 15) is 26.3 Å². The van der Waals surface area contributed by atoms with Gasteiger partial charge in [-0.3, -0.25) is 0 Å². The highest BCUT2D eigenvalue weighted by atomic mass is 19.4. The minimum Gasteiger partial charge on any atom is -0.324 e. The fourth-order valence-corrected chi connectivity index (χ4v) is 8.85. The standard InChI is InChI=1S/C41H48F6N4/c1-51-18-3-6-26(17-19-51)4-2-5-27-7-9-29(10-8-27)36-21-32(28-11-13-30-20-31(30)14-12-28)15-16-38-37(36)25-48-39(50-38)49-35-23-33(40(42,43)44)22-34(24-35)41(45,46)47/h7-10,21-26,28,30-32H,2-6,11-20H2,1H3,(H,48,49,50). The highest BCUT2D eigenvalue weighted by molar-refractivity contribution is 5.81. The Balaban J connectivity index is 1.13. The molecule has 7 rings (SSSR count). The first-order valence-corrected chi connectivity index (χ1v) is 18.8. The van der Waals surface area contributed by atoms with Crippen LogP contribution in [0.1, 0.15) is 104 Å². The number of alkyl halides is 6. The van der Waals surface area contributed by atoms with Crippen molar-refractivity contribution >= 4 is 17.2 Å². The third-order valence-electron chi connectivity index (χ3n) is 12.0. The molecular weight excluding hydrogens is 662 g/mol. The van der Waals surface area contributed by atoms with Crippen molar-refractivity contribution in [2.45, 2.75) is 95.8 Å². The molecule has 10 heteroatoms. The zero-order valence-corrected chi connectivity index (χ0v) is 29.3. The van der Waals surface area contributed by atoms with Gasteiger partial charge < -0.3 is 10.2 Å². The van der Waals surface area contributed by atoms with Crippen molar-refractivity contribution in [3.8, 4) is 0 Å². The van der Waals surface area contributed by atoms with Gasteiger partial charge in [0, 0.05) is 17.4 Å². The van der Waals surface area contributed by atoms with Crippen molar-refractivity contribution in [2.75, 3.05) is 25.5 Å². The average molecular weight is 711 g/mol. The minimum atomic E-state index is -4.94. The summed E-state index contributed by atoms with van der Waals surface area (Å²) in [5.74, 6) is 3.45. The number of likely N-dealkylation sites (tertiary alicyclic amines) is 1. The zero-order valence-electron chi connectivity index (χ0n) is 29.3. The Hall–Kier alpha value is -3.40. The van der Waals surface area contributed by atoms with E-state index in [0.29, 0.717) is 30.4 Å². The number of nitrogens with zero attached hydrogens (tertiary/aromatic N) is 3. The van der Waals surface area contributed by atoms with Crippen molar-refractivity contribution in [3.05, 3.63) is 88.2 Å². The number of hydrogen-bond acceptors (Lipinski definition) is 4. The van der Waals surface area contributed by atoms with Crippen LogP contribution in [-0.4, -0.2) is 35.0 Å². The maximum absolute atomic E-state index is 13.5. The summed E-state index contributed by atoms with van der Waals surface area (Å²) in [5, 5.41) is 2.66. The molecule has 4 aliphatic rings. The number of benzene rings is 2. The summed E-state index contributed by atoms with van der Waals surface area (Å²) in [7, 11) is 2.21. The maximum Gasteiger partial charge on any atom is 0.416 e. The van der Waals surface area contributed by atoms with Gasteiger partial charge in [-0.05, 0) is 162 Å². The molecule has 4 unspecified atom stereocenters. The molecule has 0 spiro atoms. The van der Waals surface area contributed by atoms with Gasteiger partial charge in [0.05, 0.1) is 16.8 Å². The van der Waals surface area contributed by atoms with Gasteiger partial charge in [0.25, 0.3) is 0 Å². The predicted molar refractivity (Wildman–Crippen MR) is 188 cm³/mol. The van der Waals surface area contributed by atoms with Gasteiger partial charge in [-0.15, -0.1) is 0 Å². The Labute approximate surface area is 297 Å². The number of fused-ring (bicyclic) bond motifs is 2. The topological polar surface area (TPSA) is 41.1 Å². The predicted octanol–water partition coefficient (Wildman–Crippen LogP) is 11.1. The Morgan fingerprint density at radius 2 is 1.49 bits per heavy atom. The van der Waals surface area contributed by atoms with E-state index in [1.54, 1.807) is 6.20 Å². The molecule has 2 aromatic carbocycles. The highest BCUT2D eigenvalue weighted by Gasteiger charge is 2.41. The molecular formula is C41H48F6N4. The molecule has 1 N–H and O–H groups in total. The number of nitrogens with one attached hydrogen (secondary N) is 1. The summed E-state index contributed by atoms with van der Waals surface area (Å²) < 4.78 is 81.3. The Morgan fingerprint density at radius 3 is 2.18 bits per heavy atom. The smallest absolute Gasteiger partial charge is 0.324 e. The number of rotatable bonds is 8. The Kier molecular flexibility index (Phi) is 10.5. The third-order valence-corrected chi connectivity index (χ3v) is 12.0. The number of aryl methyl sites for hydroxylation is 2. The molecule has 2 saturated carbocycles. The second kappa shape index (κ2) is 14.9. The van der Waals surface area contributed by atoms with Crippen molar-refractivity contribution in [3.63, 3.8) is 0 Å². The van der Waals surface area contributed by atoms with Crippen LogP contribution in [-0.2, 0) is 25.2 Å². The van der Waals surface area contributed by atoms with E-state index in [-0.39, 0.29) is 17.7 Å². The Morgan fingerprint density at radius 1 is 0.804 bits per heavy atom. The van der Waals surface area contributed by atoms with Crippen molar-refractivity contribution in [1.82, 2.24) is 14.9 Å². The number of aromatic nitrogens is 2. The summed E-state index contributed by atoms with van der Waals surface area (Å²) in [6, 6.07) is 10.3. The van der Waals surface area contributed by atoms with Gasteiger partial charge in [0.2, 0.25) is 5.95 Å². The molecule has 1 aromatic heterocycles. The first kappa shape index (κ1) is 36.0. The largest absolute Gasteiger partial charge is 0.416 e. The van der Waals surface area contributed by atoms with Crippen LogP contribution in [0.5, 0.6) is 0 Å². The monoisotopic (exact) mass is 710 g/mol. The van der Waals surface area contributed by atoms with E-state index in [0.717, 1.165) is 53.0 Å². The van der Waals surface area contributed by atoms with Crippen LogP contribution >= 0.6 is 0 Å². The molecule has 3 fully saturated rings. The number of allylic oxidation sites excluding steroid dienone is 1. The molecule has 51 heavy (non-hydrogen) atoms. The molecule has 0 amide bonds. The van der Waals surface area contributed by atoms with Crippen LogP contribution in [0.15, 0.2) is 54.7 Å². The first-order chi connectivity index (χ1) is 24.4. The molecule has 1 saturated heterocycles. The molecule has 4 atom stereocenters. The average Bonchev–Trinajstić information content (AvgIpc) is 3.91. The van der Waals surface area contributed by atoms with Gasteiger partial charge >= 0.3 is 12.4 Å². The quantitative estimate of drug-likeness (QED) is 0.236. The SMILES string of the molecule is CN1CCCC(CCCc2ccc(C3=CC(C4CCC5CC5CC4)CCc4nc(Nc5cc(C(F)(F)F)cc(C(F)(F)F)c5)ncc43)cc2)CC1. The van der Waals surface area contributed by atoms with E-state index in [4.69, 9.17) is 4.98 Å². The number of halogens is 6. The van der Waals surface area contributed by atoms with Gasteiger partial charge in [-0.2, -0.15) is 26.3 Å². The van der Waals surface area contributed by atoms with Crippen molar-refractivity contribution in [2.24, 2.45) is 29.6 Å². The van der Waals surface area contributed by atoms with Gasteiger partial charge in [0.15, 0.2) is 0 Å². The molecule has 0 bridgehead atoms. The summed E-state index contributed by atoms with van der Waals surface area (Å²) >= 11 is 0. The first-order valence-electron chi connectivity index (χ1n) is 18.8. The molecule has 4 nitrogen and oxygen atoms in total. The summed E-state index contributed by atoms with van der Waals surface area (Å²) in [6.45, 7) is 2.38. The third kappa shape index (κ3) is 8.98. The summed E-state index contributed by atoms with van der Waals surface area (Å²) in [6.07, 6.45) is 9.40. The van der Waals surface area contributed by atoms with E-state index >= 15 is 0 Å². The van der Waals surface area contributed by atoms with Crippen LogP contribution in [0.25, 0.3) is 5.57 Å². The van der Waals surface area contributed by atoms with Crippen LogP contribution in [0.4, 0.5) is 38.0 Å². The summed E-state index contributed by atoms with van der Waals surface area (Å²) in [4.78, 5) is 11.6. The van der Waals surface area contributed by atoms with Gasteiger partial charge in [0.1, 0.15) is 0 Å². The number of anilines is 2. The van der Waals surface area contributed by atoms with Gasteiger partial charge in [-0.25, -0.2) is 9.97 Å². The van der Waals surface area contributed by atoms with Crippen LogP contribution < -0.4 is 5.32 Å². The normalized spacial score (nSPS) is 25.9. The Bertz CT molecular complexity index is 1650. The number of hydrogen-bond donors (Lipinski definition) is 1. The molecule has 274 valence electrons. The van der Waals surface area contributed by atoms with Gasteiger partial charge in [-0.1, -0.05) is 36.8 Å². The van der Waals surface area contributed by atoms with Crippen molar-refractivity contribution < 1.29 is 26.3 Å². The second-order valence-electron chi connectivity index (χ2n) is 15.6. The van der Waals surface area contributed by atoms with E-state index in [1.165, 1.54) is 82.9 Å². The second-order valence-corrected chi connectivity index (χ2v) is 15.6. The van der Waals surface area contributed by atoms with Crippen LogP contribution in [0.2, 0.25) is 0 Å². The lowest BCUT2D eigenvalue weighted by atomic mass is 9.81. The van der Waals surface area contributed by atoms with E-state index < -0.39 is 23.5 Å².